The quantitative estimate of drug-likeness (QED) is 0.622. The molecule has 0 spiro atoms. The molecule has 2 aromatic carbocycles. The van der Waals surface area contributed by atoms with Crippen molar-refractivity contribution in [3.63, 3.8) is 0 Å². The van der Waals surface area contributed by atoms with Gasteiger partial charge in [-0.3, -0.25) is 19.3 Å². The lowest BCUT2D eigenvalue weighted by Crippen LogP contribution is -2.53. The normalized spacial score (nSPS) is 14.4. The molecule has 0 fully saturated rings. The second-order valence-electron chi connectivity index (χ2n) is 8.76. The Kier molecular flexibility index (Phi) is 6.70. The fraction of sp³-hybridized carbons (Fsp3) is 0.400. The van der Waals surface area contributed by atoms with Crippen molar-refractivity contribution in [3.8, 4) is 0 Å². The van der Waals surface area contributed by atoms with Crippen LogP contribution in [0.3, 0.4) is 0 Å². The van der Waals surface area contributed by atoms with Crippen molar-refractivity contribution in [1.82, 2.24) is 9.80 Å². The first-order valence-corrected chi connectivity index (χ1v) is 10.6. The third kappa shape index (κ3) is 4.61. The van der Waals surface area contributed by atoms with E-state index in [9.17, 15) is 14.4 Å². The number of carbonyl (C=O) groups is 3. The highest BCUT2D eigenvalue weighted by Gasteiger charge is 2.43. The minimum absolute atomic E-state index is 0.171. The SMILES string of the molecule is CC(C)CN(CC(C)C)C(=O)[C@H](Cc1ccccc1)N1C(=O)c2ccccc2C1=O. The van der Waals surface area contributed by atoms with E-state index in [2.05, 4.69) is 27.7 Å². The topological polar surface area (TPSA) is 57.7 Å². The molecule has 1 heterocycles. The van der Waals surface area contributed by atoms with Crippen molar-refractivity contribution < 1.29 is 14.4 Å². The molecule has 2 aromatic rings. The summed E-state index contributed by atoms with van der Waals surface area (Å²) in [5.74, 6) is -0.381. The summed E-state index contributed by atoms with van der Waals surface area (Å²) in [5.41, 5.74) is 1.65. The number of imide groups is 1. The molecule has 0 N–H and O–H groups in total. The molecule has 158 valence electrons. The van der Waals surface area contributed by atoms with Crippen LogP contribution in [0.1, 0.15) is 54.0 Å². The lowest BCUT2D eigenvalue weighted by Gasteiger charge is -2.33. The summed E-state index contributed by atoms with van der Waals surface area (Å²) in [4.78, 5) is 43.0. The van der Waals surface area contributed by atoms with Crippen LogP contribution in [0.25, 0.3) is 0 Å². The molecule has 3 amide bonds. The fourth-order valence-electron chi connectivity index (χ4n) is 3.96. The molecule has 30 heavy (non-hydrogen) atoms. The van der Waals surface area contributed by atoms with Gasteiger partial charge in [0.2, 0.25) is 5.91 Å². The highest BCUT2D eigenvalue weighted by atomic mass is 16.2. The van der Waals surface area contributed by atoms with Crippen molar-refractivity contribution in [3.05, 3.63) is 71.3 Å². The molecule has 0 saturated carbocycles. The van der Waals surface area contributed by atoms with Crippen molar-refractivity contribution in [2.24, 2.45) is 11.8 Å². The van der Waals surface area contributed by atoms with Gasteiger partial charge in [0.05, 0.1) is 11.1 Å². The molecule has 0 aliphatic carbocycles. The molecule has 1 aliphatic rings. The molecule has 3 rings (SSSR count). The molecule has 5 heteroatoms. The average molecular weight is 407 g/mol. The number of benzene rings is 2. The minimum atomic E-state index is -0.864. The molecular weight excluding hydrogens is 376 g/mol. The monoisotopic (exact) mass is 406 g/mol. The van der Waals surface area contributed by atoms with Gasteiger partial charge in [0, 0.05) is 19.5 Å². The fourth-order valence-corrected chi connectivity index (χ4v) is 3.96. The maximum atomic E-state index is 13.7. The van der Waals surface area contributed by atoms with Gasteiger partial charge in [-0.15, -0.1) is 0 Å². The maximum Gasteiger partial charge on any atom is 0.262 e. The van der Waals surface area contributed by atoms with Gasteiger partial charge >= 0.3 is 0 Å². The number of amides is 3. The van der Waals surface area contributed by atoms with E-state index in [1.165, 1.54) is 4.90 Å². The third-order valence-electron chi connectivity index (χ3n) is 5.18. The molecule has 0 radical (unpaired) electrons. The summed E-state index contributed by atoms with van der Waals surface area (Å²) in [5, 5.41) is 0. The third-order valence-corrected chi connectivity index (χ3v) is 5.18. The summed E-state index contributed by atoms with van der Waals surface area (Å²) >= 11 is 0. The highest BCUT2D eigenvalue weighted by molar-refractivity contribution is 6.22. The van der Waals surface area contributed by atoms with Gasteiger partial charge in [-0.25, -0.2) is 0 Å². The molecule has 1 atom stereocenters. The zero-order valence-corrected chi connectivity index (χ0v) is 18.2. The van der Waals surface area contributed by atoms with E-state index in [1.807, 2.05) is 35.2 Å². The summed E-state index contributed by atoms with van der Waals surface area (Å²) < 4.78 is 0. The lowest BCUT2D eigenvalue weighted by molar-refractivity contribution is -0.136. The van der Waals surface area contributed by atoms with E-state index in [0.717, 1.165) is 5.56 Å². The molecule has 0 bridgehead atoms. The van der Waals surface area contributed by atoms with Gasteiger partial charge in [0.25, 0.3) is 11.8 Å². The molecule has 0 saturated heterocycles. The van der Waals surface area contributed by atoms with Crippen molar-refractivity contribution >= 4 is 17.7 Å². The largest absolute Gasteiger partial charge is 0.340 e. The summed E-state index contributed by atoms with van der Waals surface area (Å²) in [6.45, 7) is 9.43. The first-order chi connectivity index (χ1) is 14.3. The molecular formula is C25H30N2O3. The Morgan fingerprint density at radius 3 is 1.73 bits per heavy atom. The van der Waals surface area contributed by atoms with Gasteiger partial charge in [0.1, 0.15) is 6.04 Å². The Morgan fingerprint density at radius 2 is 1.27 bits per heavy atom. The van der Waals surface area contributed by atoms with E-state index >= 15 is 0 Å². The first kappa shape index (κ1) is 21.8. The summed E-state index contributed by atoms with van der Waals surface area (Å²) in [7, 11) is 0. The van der Waals surface area contributed by atoms with Crippen LogP contribution >= 0.6 is 0 Å². The van der Waals surface area contributed by atoms with Crippen LogP contribution in [0.5, 0.6) is 0 Å². The number of nitrogens with zero attached hydrogens (tertiary/aromatic N) is 2. The Morgan fingerprint density at radius 1 is 0.800 bits per heavy atom. The van der Waals surface area contributed by atoms with Crippen LogP contribution in [0.2, 0.25) is 0 Å². The Hall–Kier alpha value is -2.95. The van der Waals surface area contributed by atoms with Gasteiger partial charge in [-0.2, -0.15) is 0 Å². The standard InChI is InChI=1S/C25H30N2O3/c1-17(2)15-26(16-18(3)4)25(30)22(14-19-10-6-5-7-11-19)27-23(28)20-12-8-9-13-21(20)24(27)29/h5-13,17-18,22H,14-16H2,1-4H3/t22-/m0/s1. The predicted molar refractivity (Wildman–Crippen MR) is 117 cm³/mol. The Bertz CT molecular complexity index is 876. The minimum Gasteiger partial charge on any atom is -0.340 e. The molecule has 1 aliphatic heterocycles. The number of hydrogen-bond acceptors (Lipinski definition) is 3. The zero-order chi connectivity index (χ0) is 21.8. The highest BCUT2D eigenvalue weighted by Crippen LogP contribution is 2.27. The zero-order valence-electron chi connectivity index (χ0n) is 18.2. The molecule has 5 nitrogen and oxygen atoms in total. The van der Waals surface area contributed by atoms with E-state index < -0.39 is 6.04 Å². The molecule has 0 unspecified atom stereocenters. The predicted octanol–water partition coefficient (Wildman–Crippen LogP) is 4.03. The first-order valence-electron chi connectivity index (χ1n) is 10.6. The van der Waals surface area contributed by atoms with Gasteiger partial charge in [0.15, 0.2) is 0 Å². The summed E-state index contributed by atoms with van der Waals surface area (Å²) in [6, 6.07) is 15.5. The second-order valence-corrected chi connectivity index (χ2v) is 8.76. The number of hydrogen-bond donors (Lipinski definition) is 0. The second kappa shape index (κ2) is 9.24. The van der Waals surface area contributed by atoms with Crippen LogP contribution in [0, 0.1) is 11.8 Å². The summed E-state index contributed by atoms with van der Waals surface area (Å²) in [6.07, 6.45) is 0.303. The van der Waals surface area contributed by atoms with Gasteiger partial charge < -0.3 is 4.90 Å². The van der Waals surface area contributed by atoms with Crippen molar-refractivity contribution in [1.29, 1.82) is 0 Å². The van der Waals surface area contributed by atoms with Crippen LogP contribution < -0.4 is 0 Å². The lowest BCUT2D eigenvalue weighted by atomic mass is 10.0. The smallest absolute Gasteiger partial charge is 0.262 e. The number of carbonyl (C=O) groups excluding carboxylic acids is 3. The number of fused-ring (bicyclic) bond motifs is 1. The van der Waals surface area contributed by atoms with E-state index in [4.69, 9.17) is 0 Å². The van der Waals surface area contributed by atoms with E-state index in [0.29, 0.717) is 30.6 Å². The molecule has 0 aromatic heterocycles. The average Bonchev–Trinajstić information content (AvgIpc) is 2.96. The van der Waals surface area contributed by atoms with Gasteiger partial charge in [-0.05, 0) is 29.5 Å². The van der Waals surface area contributed by atoms with Gasteiger partial charge in [-0.1, -0.05) is 70.2 Å². The van der Waals surface area contributed by atoms with E-state index in [1.54, 1.807) is 24.3 Å². The maximum absolute atomic E-state index is 13.7. The van der Waals surface area contributed by atoms with Crippen LogP contribution in [0.15, 0.2) is 54.6 Å². The Balaban J connectivity index is 1.99. The van der Waals surface area contributed by atoms with Crippen LogP contribution in [0.4, 0.5) is 0 Å². The van der Waals surface area contributed by atoms with E-state index in [-0.39, 0.29) is 29.6 Å². The van der Waals surface area contributed by atoms with Crippen LogP contribution in [-0.4, -0.2) is 46.7 Å². The number of rotatable bonds is 8. The van der Waals surface area contributed by atoms with Crippen molar-refractivity contribution in [2.75, 3.05) is 13.1 Å². The van der Waals surface area contributed by atoms with Crippen LogP contribution in [-0.2, 0) is 11.2 Å². The Labute approximate surface area is 178 Å². The van der Waals surface area contributed by atoms with Crippen molar-refractivity contribution in [2.45, 2.75) is 40.2 Å².